The largest absolute Gasteiger partial charge is 0.342 e. The van der Waals surface area contributed by atoms with Crippen LogP contribution in [0, 0.1) is 20.8 Å². The van der Waals surface area contributed by atoms with Gasteiger partial charge in [0.15, 0.2) is 0 Å². The van der Waals surface area contributed by atoms with Crippen LogP contribution in [0.1, 0.15) is 39.2 Å². The van der Waals surface area contributed by atoms with E-state index in [2.05, 4.69) is 22.1 Å². The second-order valence-electron chi connectivity index (χ2n) is 5.71. The van der Waals surface area contributed by atoms with Crippen LogP contribution in [0.15, 0.2) is 6.20 Å². The van der Waals surface area contributed by atoms with Crippen LogP contribution in [0.3, 0.4) is 0 Å². The SMILES string of the molecule is Cc1nc(C)c(CC(=O)N2CCC(c3[nH]ncc3C)C2)s1. The Bertz CT molecular complexity index is 660. The summed E-state index contributed by atoms with van der Waals surface area (Å²) in [4.78, 5) is 19.9. The third kappa shape index (κ3) is 2.85. The van der Waals surface area contributed by atoms with Crippen LogP contribution in [0.2, 0.25) is 0 Å². The third-order valence-corrected chi connectivity index (χ3v) is 5.20. The quantitative estimate of drug-likeness (QED) is 0.947. The summed E-state index contributed by atoms with van der Waals surface area (Å²) in [5.74, 6) is 0.599. The molecule has 1 unspecified atom stereocenters. The van der Waals surface area contributed by atoms with Gasteiger partial charge in [-0.3, -0.25) is 9.89 Å². The number of rotatable bonds is 3. The lowest BCUT2D eigenvalue weighted by molar-refractivity contribution is -0.129. The number of hydrogen-bond acceptors (Lipinski definition) is 4. The van der Waals surface area contributed by atoms with Gasteiger partial charge in [0.25, 0.3) is 0 Å². The molecule has 3 rings (SSSR count). The summed E-state index contributed by atoms with van der Waals surface area (Å²) in [7, 11) is 0. The summed E-state index contributed by atoms with van der Waals surface area (Å²) >= 11 is 1.63. The van der Waals surface area contributed by atoms with Crippen molar-refractivity contribution < 1.29 is 4.79 Å². The summed E-state index contributed by atoms with van der Waals surface area (Å²) in [5, 5.41) is 8.19. The first-order valence-corrected chi connectivity index (χ1v) is 8.06. The predicted octanol–water partition coefficient (Wildman–Crippen LogP) is 2.35. The summed E-state index contributed by atoms with van der Waals surface area (Å²) in [6.45, 7) is 7.65. The molecule has 21 heavy (non-hydrogen) atoms. The van der Waals surface area contributed by atoms with Gasteiger partial charge in [0.2, 0.25) is 5.91 Å². The molecule has 1 aliphatic rings. The van der Waals surface area contributed by atoms with Crippen LogP contribution in [0.5, 0.6) is 0 Å². The molecule has 0 aromatic carbocycles. The van der Waals surface area contributed by atoms with Crippen molar-refractivity contribution in [2.75, 3.05) is 13.1 Å². The minimum atomic E-state index is 0.210. The van der Waals surface area contributed by atoms with E-state index in [1.54, 1.807) is 11.3 Å². The maximum absolute atomic E-state index is 12.5. The number of nitrogens with zero attached hydrogens (tertiary/aromatic N) is 3. The van der Waals surface area contributed by atoms with E-state index in [0.29, 0.717) is 12.3 Å². The molecule has 1 fully saturated rings. The van der Waals surface area contributed by atoms with Crippen molar-refractivity contribution in [2.45, 2.75) is 39.5 Å². The highest BCUT2D eigenvalue weighted by atomic mass is 32.1. The van der Waals surface area contributed by atoms with Crippen molar-refractivity contribution in [1.82, 2.24) is 20.1 Å². The highest BCUT2D eigenvalue weighted by Gasteiger charge is 2.29. The van der Waals surface area contributed by atoms with E-state index < -0.39 is 0 Å². The molecule has 2 aromatic heterocycles. The summed E-state index contributed by atoms with van der Waals surface area (Å²) in [5.41, 5.74) is 3.35. The van der Waals surface area contributed by atoms with Crippen LogP contribution in [0.25, 0.3) is 0 Å². The average molecular weight is 304 g/mol. The fraction of sp³-hybridized carbons (Fsp3) is 0.533. The van der Waals surface area contributed by atoms with Crippen LogP contribution in [-0.4, -0.2) is 39.1 Å². The van der Waals surface area contributed by atoms with Crippen molar-refractivity contribution in [3.05, 3.63) is 33.0 Å². The molecule has 0 bridgehead atoms. The van der Waals surface area contributed by atoms with E-state index >= 15 is 0 Å². The number of amides is 1. The van der Waals surface area contributed by atoms with Crippen molar-refractivity contribution in [3.63, 3.8) is 0 Å². The number of carbonyl (C=O) groups excluding carboxylic acids is 1. The molecule has 0 spiro atoms. The normalized spacial score (nSPS) is 18.4. The lowest BCUT2D eigenvalue weighted by Crippen LogP contribution is -2.29. The van der Waals surface area contributed by atoms with Gasteiger partial charge in [-0.15, -0.1) is 11.3 Å². The van der Waals surface area contributed by atoms with Gasteiger partial charge in [-0.2, -0.15) is 5.10 Å². The van der Waals surface area contributed by atoms with Gasteiger partial charge in [-0.25, -0.2) is 4.98 Å². The average Bonchev–Trinajstić information content (AvgIpc) is 3.11. The first kappa shape index (κ1) is 14.3. The molecule has 1 amide bonds. The van der Waals surface area contributed by atoms with Gasteiger partial charge in [0, 0.05) is 29.6 Å². The van der Waals surface area contributed by atoms with Crippen LogP contribution in [0.4, 0.5) is 0 Å². The Balaban J connectivity index is 1.65. The minimum Gasteiger partial charge on any atom is -0.342 e. The van der Waals surface area contributed by atoms with Crippen molar-refractivity contribution in [2.24, 2.45) is 0 Å². The van der Waals surface area contributed by atoms with E-state index in [0.717, 1.165) is 35.1 Å². The van der Waals surface area contributed by atoms with Gasteiger partial charge < -0.3 is 4.90 Å². The highest BCUT2D eigenvalue weighted by Crippen LogP contribution is 2.28. The molecular formula is C15H20N4OS. The molecule has 5 nitrogen and oxygen atoms in total. The maximum Gasteiger partial charge on any atom is 0.227 e. The number of aryl methyl sites for hydroxylation is 3. The summed E-state index contributed by atoms with van der Waals surface area (Å²) < 4.78 is 0. The number of thiazole rings is 1. The topological polar surface area (TPSA) is 61.9 Å². The standard InChI is InChI=1S/C15H20N4OS/c1-9-7-16-18-15(9)12-4-5-19(8-12)14(20)6-13-10(2)17-11(3)21-13/h7,12H,4-6,8H2,1-3H3,(H,16,18). The summed E-state index contributed by atoms with van der Waals surface area (Å²) in [6, 6.07) is 0. The molecular weight excluding hydrogens is 284 g/mol. The molecule has 1 atom stereocenters. The second-order valence-corrected chi connectivity index (χ2v) is 7.00. The smallest absolute Gasteiger partial charge is 0.227 e. The molecule has 0 saturated carbocycles. The number of likely N-dealkylation sites (tertiary alicyclic amines) is 1. The van der Waals surface area contributed by atoms with Crippen LogP contribution >= 0.6 is 11.3 Å². The number of H-pyrrole nitrogens is 1. The zero-order valence-corrected chi connectivity index (χ0v) is 13.5. The first-order valence-electron chi connectivity index (χ1n) is 7.25. The number of aromatic amines is 1. The lowest BCUT2D eigenvalue weighted by atomic mass is 10.0. The molecule has 1 saturated heterocycles. The van der Waals surface area contributed by atoms with Gasteiger partial charge in [0.1, 0.15) is 0 Å². The zero-order valence-electron chi connectivity index (χ0n) is 12.6. The zero-order chi connectivity index (χ0) is 15.0. The van der Waals surface area contributed by atoms with Crippen LogP contribution < -0.4 is 0 Å². The lowest BCUT2D eigenvalue weighted by Gasteiger charge is -2.16. The molecule has 1 N–H and O–H groups in total. The van der Waals surface area contributed by atoms with Gasteiger partial charge >= 0.3 is 0 Å². The third-order valence-electron chi connectivity index (χ3n) is 4.13. The van der Waals surface area contributed by atoms with Crippen molar-refractivity contribution in [3.8, 4) is 0 Å². The Morgan fingerprint density at radius 3 is 2.90 bits per heavy atom. The highest BCUT2D eigenvalue weighted by molar-refractivity contribution is 7.11. The summed E-state index contributed by atoms with van der Waals surface area (Å²) in [6.07, 6.45) is 3.34. The van der Waals surface area contributed by atoms with Gasteiger partial charge in [0.05, 0.1) is 23.3 Å². The molecule has 112 valence electrons. The van der Waals surface area contributed by atoms with Crippen LogP contribution in [-0.2, 0) is 11.2 Å². The Kier molecular flexibility index (Phi) is 3.80. The second kappa shape index (κ2) is 5.60. The Morgan fingerprint density at radius 2 is 2.29 bits per heavy atom. The first-order chi connectivity index (χ1) is 10.0. The monoisotopic (exact) mass is 304 g/mol. The van der Waals surface area contributed by atoms with Gasteiger partial charge in [-0.1, -0.05) is 0 Å². The maximum atomic E-state index is 12.5. The number of carbonyl (C=O) groups is 1. The molecule has 1 aliphatic heterocycles. The molecule has 0 aliphatic carbocycles. The molecule has 3 heterocycles. The Labute approximate surface area is 128 Å². The van der Waals surface area contributed by atoms with E-state index in [1.807, 2.05) is 24.9 Å². The predicted molar refractivity (Wildman–Crippen MR) is 82.6 cm³/mol. The van der Waals surface area contributed by atoms with Gasteiger partial charge in [-0.05, 0) is 32.8 Å². The minimum absolute atomic E-state index is 0.210. The Morgan fingerprint density at radius 1 is 1.48 bits per heavy atom. The number of aromatic nitrogens is 3. The fourth-order valence-electron chi connectivity index (χ4n) is 2.98. The molecule has 0 radical (unpaired) electrons. The number of hydrogen-bond donors (Lipinski definition) is 1. The van der Waals surface area contributed by atoms with E-state index in [1.165, 1.54) is 11.3 Å². The fourth-order valence-corrected chi connectivity index (χ4v) is 3.91. The van der Waals surface area contributed by atoms with Crippen molar-refractivity contribution in [1.29, 1.82) is 0 Å². The Hall–Kier alpha value is -1.69. The van der Waals surface area contributed by atoms with E-state index in [-0.39, 0.29) is 5.91 Å². The van der Waals surface area contributed by atoms with Crippen molar-refractivity contribution >= 4 is 17.2 Å². The van der Waals surface area contributed by atoms with E-state index in [4.69, 9.17) is 0 Å². The van der Waals surface area contributed by atoms with E-state index in [9.17, 15) is 4.79 Å². The molecule has 2 aromatic rings. The number of nitrogens with one attached hydrogen (secondary N) is 1. The molecule has 6 heteroatoms.